The molecule has 1 aliphatic rings. The van der Waals surface area contributed by atoms with Gasteiger partial charge in [-0.1, -0.05) is 31.1 Å². The highest BCUT2D eigenvalue weighted by atomic mass is 32.1. The van der Waals surface area contributed by atoms with Gasteiger partial charge in [0.15, 0.2) is 0 Å². The van der Waals surface area contributed by atoms with Gasteiger partial charge < -0.3 is 4.90 Å². The summed E-state index contributed by atoms with van der Waals surface area (Å²) in [5.41, 5.74) is 0. The number of nitrogens with zero attached hydrogens (tertiary/aromatic N) is 3. The fraction of sp³-hybridized carbons (Fsp3) is 0.800. The standard InChI is InChI=1S/C10H17N3S/c1-2-9-11-12-10(14-9)13-7-5-3-4-6-8-13/h2-8H2,1H3. The van der Waals surface area contributed by atoms with Gasteiger partial charge in [-0.3, -0.25) is 0 Å². The highest BCUT2D eigenvalue weighted by Crippen LogP contribution is 2.23. The summed E-state index contributed by atoms with van der Waals surface area (Å²) in [7, 11) is 0. The van der Waals surface area contributed by atoms with Crippen LogP contribution in [0.15, 0.2) is 0 Å². The Balaban J connectivity index is 2.04. The van der Waals surface area contributed by atoms with E-state index < -0.39 is 0 Å². The Morgan fingerprint density at radius 3 is 2.43 bits per heavy atom. The molecule has 0 aliphatic carbocycles. The first-order valence-electron chi connectivity index (χ1n) is 5.47. The van der Waals surface area contributed by atoms with Crippen molar-refractivity contribution in [1.82, 2.24) is 10.2 Å². The Hall–Kier alpha value is -0.640. The average molecular weight is 211 g/mol. The first-order chi connectivity index (χ1) is 6.90. The molecule has 2 rings (SSSR count). The highest BCUT2D eigenvalue weighted by molar-refractivity contribution is 7.15. The van der Waals surface area contributed by atoms with Crippen molar-refractivity contribution >= 4 is 16.5 Å². The quantitative estimate of drug-likeness (QED) is 0.752. The van der Waals surface area contributed by atoms with E-state index in [4.69, 9.17) is 0 Å². The maximum Gasteiger partial charge on any atom is 0.208 e. The molecule has 78 valence electrons. The van der Waals surface area contributed by atoms with Gasteiger partial charge in [0.25, 0.3) is 0 Å². The van der Waals surface area contributed by atoms with Gasteiger partial charge in [0.05, 0.1) is 0 Å². The van der Waals surface area contributed by atoms with Crippen LogP contribution in [-0.2, 0) is 6.42 Å². The van der Waals surface area contributed by atoms with Crippen LogP contribution < -0.4 is 4.90 Å². The van der Waals surface area contributed by atoms with E-state index in [0.29, 0.717) is 0 Å². The molecule has 0 spiro atoms. The number of hydrogen-bond acceptors (Lipinski definition) is 4. The molecule has 1 aromatic rings. The lowest BCUT2D eigenvalue weighted by molar-refractivity contribution is 0.726. The average Bonchev–Trinajstić information content (AvgIpc) is 2.53. The number of anilines is 1. The predicted molar refractivity (Wildman–Crippen MR) is 60.0 cm³/mol. The molecule has 4 heteroatoms. The third-order valence-electron chi connectivity index (χ3n) is 2.64. The van der Waals surface area contributed by atoms with Gasteiger partial charge in [0.1, 0.15) is 5.01 Å². The molecule has 0 amide bonds. The molecule has 3 nitrogen and oxygen atoms in total. The molecule has 2 heterocycles. The van der Waals surface area contributed by atoms with Crippen LogP contribution in [-0.4, -0.2) is 23.3 Å². The van der Waals surface area contributed by atoms with Crippen LogP contribution in [0.2, 0.25) is 0 Å². The minimum atomic E-state index is 1.01. The lowest BCUT2D eigenvalue weighted by atomic mass is 10.2. The van der Waals surface area contributed by atoms with Crippen molar-refractivity contribution in [3.8, 4) is 0 Å². The topological polar surface area (TPSA) is 29.0 Å². The van der Waals surface area contributed by atoms with E-state index >= 15 is 0 Å². The maximum atomic E-state index is 4.25. The summed E-state index contributed by atoms with van der Waals surface area (Å²) in [6.45, 7) is 4.46. The summed E-state index contributed by atoms with van der Waals surface area (Å²) in [5, 5.41) is 10.7. The zero-order valence-corrected chi connectivity index (χ0v) is 9.52. The molecule has 0 unspecified atom stereocenters. The number of aryl methyl sites for hydroxylation is 1. The molecule has 1 aliphatic heterocycles. The molecule has 0 aromatic carbocycles. The van der Waals surface area contributed by atoms with Crippen molar-refractivity contribution in [3.05, 3.63) is 5.01 Å². The van der Waals surface area contributed by atoms with Crippen molar-refractivity contribution in [2.75, 3.05) is 18.0 Å². The normalized spacial score (nSPS) is 18.2. The molecule has 0 saturated carbocycles. The molecular weight excluding hydrogens is 194 g/mol. The summed E-state index contributed by atoms with van der Waals surface area (Å²) >= 11 is 1.75. The van der Waals surface area contributed by atoms with E-state index in [-0.39, 0.29) is 0 Å². The number of hydrogen-bond donors (Lipinski definition) is 0. The van der Waals surface area contributed by atoms with E-state index in [1.165, 1.54) is 38.8 Å². The minimum Gasteiger partial charge on any atom is -0.347 e. The van der Waals surface area contributed by atoms with E-state index in [2.05, 4.69) is 22.0 Å². The second-order valence-electron chi connectivity index (χ2n) is 3.73. The van der Waals surface area contributed by atoms with Crippen LogP contribution in [0.1, 0.15) is 37.6 Å². The minimum absolute atomic E-state index is 1.01. The van der Waals surface area contributed by atoms with Gasteiger partial charge in [0.2, 0.25) is 5.13 Å². The molecule has 0 bridgehead atoms. The lowest BCUT2D eigenvalue weighted by Crippen LogP contribution is -2.23. The third kappa shape index (κ3) is 2.23. The Labute approximate surface area is 89.2 Å². The van der Waals surface area contributed by atoms with Crippen LogP contribution in [0, 0.1) is 0 Å². The summed E-state index contributed by atoms with van der Waals surface area (Å²) in [4.78, 5) is 2.39. The molecular formula is C10H17N3S. The Morgan fingerprint density at radius 1 is 1.14 bits per heavy atom. The zero-order valence-electron chi connectivity index (χ0n) is 8.70. The highest BCUT2D eigenvalue weighted by Gasteiger charge is 2.13. The smallest absolute Gasteiger partial charge is 0.208 e. The maximum absolute atomic E-state index is 4.25. The molecule has 0 N–H and O–H groups in total. The third-order valence-corrected chi connectivity index (χ3v) is 3.76. The van der Waals surface area contributed by atoms with Crippen LogP contribution in [0.4, 0.5) is 5.13 Å². The Bertz CT molecular complexity index is 277. The first kappa shape index (κ1) is 9.90. The fourth-order valence-electron chi connectivity index (χ4n) is 1.78. The molecule has 14 heavy (non-hydrogen) atoms. The molecule has 1 fully saturated rings. The summed E-state index contributed by atoms with van der Waals surface area (Å²) < 4.78 is 0. The van der Waals surface area contributed by atoms with Gasteiger partial charge in [0, 0.05) is 13.1 Å². The number of rotatable bonds is 2. The largest absolute Gasteiger partial charge is 0.347 e. The molecule has 0 atom stereocenters. The lowest BCUT2D eigenvalue weighted by Gasteiger charge is -2.17. The van der Waals surface area contributed by atoms with Crippen molar-refractivity contribution in [2.45, 2.75) is 39.0 Å². The number of aromatic nitrogens is 2. The molecule has 1 saturated heterocycles. The Morgan fingerprint density at radius 2 is 1.86 bits per heavy atom. The molecule has 0 radical (unpaired) electrons. The van der Waals surface area contributed by atoms with E-state index in [9.17, 15) is 0 Å². The second-order valence-corrected chi connectivity index (χ2v) is 4.77. The van der Waals surface area contributed by atoms with Gasteiger partial charge in [-0.15, -0.1) is 10.2 Å². The first-order valence-corrected chi connectivity index (χ1v) is 6.29. The summed E-state index contributed by atoms with van der Waals surface area (Å²) in [5.74, 6) is 0. The van der Waals surface area contributed by atoms with Crippen LogP contribution in [0.5, 0.6) is 0 Å². The molecule has 1 aromatic heterocycles. The van der Waals surface area contributed by atoms with Gasteiger partial charge in [-0.05, 0) is 19.3 Å². The summed E-state index contributed by atoms with van der Waals surface area (Å²) in [6.07, 6.45) is 6.36. The SMILES string of the molecule is CCc1nnc(N2CCCCCC2)s1. The van der Waals surface area contributed by atoms with Crippen molar-refractivity contribution in [2.24, 2.45) is 0 Å². The van der Waals surface area contributed by atoms with Crippen LogP contribution >= 0.6 is 11.3 Å². The fourth-order valence-corrected chi connectivity index (χ4v) is 2.61. The zero-order chi connectivity index (χ0) is 9.80. The van der Waals surface area contributed by atoms with Gasteiger partial charge >= 0.3 is 0 Å². The second kappa shape index (κ2) is 4.73. The summed E-state index contributed by atoms with van der Waals surface area (Å²) in [6, 6.07) is 0. The van der Waals surface area contributed by atoms with Crippen molar-refractivity contribution < 1.29 is 0 Å². The van der Waals surface area contributed by atoms with Crippen LogP contribution in [0.25, 0.3) is 0 Å². The van der Waals surface area contributed by atoms with Gasteiger partial charge in [-0.2, -0.15) is 0 Å². The predicted octanol–water partition coefficient (Wildman–Crippen LogP) is 2.48. The van der Waals surface area contributed by atoms with Crippen molar-refractivity contribution in [1.29, 1.82) is 0 Å². The van der Waals surface area contributed by atoms with Crippen LogP contribution in [0.3, 0.4) is 0 Å². The van der Waals surface area contributed by atoms with E-state index in [0.717, 1.165) is 16.6 Å². The van der Waals surface area contributed by atoms with Gasteiger partial charge in [-0.25, -0.2) is 0 Å². The Kier molecular flexibility index (Phi) is 3.35. The van der Waals surface area contributed by atoms with Crippen molar-refractivity contribution in [3.63, 3.8) is 0 Å². The monoisotopic (exact) mass is 211 g/mol. The van der Waals surface area contributed by atoms with E-state index in [1.807, 2.05) is 0 Å². The van der Waals surface area contributed by atoms with E-state index in [1.54, 1.807) is 11.3 Å².